The predicted octanol–water partition coefficient (Wildman–Crippen LogP) is 1.47. The van der Waals surface area contributed by atoms with E-state index < -0.39 is 0 Å². The van der Waals surface area contributed by atoms with Gasteiger partial charge in [0.05, 0.1) is 18.8 Å². The first-order chi connectivity index (χ1) is 11.6. The predicted molar refractivity (Wildman–Crippen MR) is 89.8 cm³/mol. The van der Waals surface area contributed by atoms with Gasteiger partial charge in [0, 0.05) is 38.3 Å². The molecule has 1 atom stereocenters. The van der Waals surface area contributed by atoms with Crippen molar-refractivity contribution in [3.8, 4) is 5.75 Å². The summed E-state index contributed by atoms with van der Waals surface area (Å²) in [6, 6.07) is 5.63. The molecule has 7 heteroatoms. The smallest absolute Gasteiger partial charge is 0.217 e. The fourth-order valence-corrected chi connectivity index (χ4v) is 2.69. The molecular formula is C17H21N5O2. The number of ether oxygens (including phenoxy) is 1. The minimum absolute atomic E-state index is 0.0744. The van der Waals surface area contributed by atoms with Crippen LogP contribution in [0.2, 0.25) is 0 Å². The number of nitrogens with one attached hydrogen (secondary N) is 1. The van der Waals surface area contributed by atoms with Crippen LogP contribution >= 0.6 is 0 Å². The monoisotopic (exact) mass is 327 g/mol. The maximum atomic E-state index is 11.0. The minimum Gasteiger partial charge on any atom is -0.488 e. The van der Waals surface area contributed by atoms with E-state index in [9.17, 15) is 4.79 Å². The molecule has 0 aromatic carbocycles. The van der Waals surface area contributed by atoms with Gasteiger partial charge in [0.1, 0.15) is 23.5 Å². The molecule has 1 aliphatic heterocycles. The Bertz CT molecular complexity index is 722. The van der Waals surface area contributed by atoms with Gasteiger partial charge in [-0.1, -0.05) is 0 Å². The van der Waals surface area contributed by atoms with Crippen molar-refractivity contribution in [2.45, 2.75) is 32.9 Å². The summed E-state index contributed by atoms with van der Waals surface area (Å²) in [7, 11) is 0. The summed E-state index contributed by atoms with van der Waals surface area (Å²) in [5, 5.41) is 2.74. The SMILES string of the molecule is CC(=O)NCc1cc(OC2CCN(c3ccnc(C)n3)C2)ccn1. The molecule has 0 saturated carbocycles. The van der Waals surface area contributed by atoms with Gasteiger partial charge in [-0.15, -0.1) is 0 Å². The number of carbonyl (C=O) groups is 1. The van der Waals surface area contributed by atoms with Crippen molar-refractivity contribution in [3.63, 3.8) is 0 Å². The van der Waals surface area contributed by atoms with Crippen molar-refractivity contribution in [1.82, 2.24) is 20.3 Å². The first kappa shape index (κ1) is 16.2. The van der Waals surface area contributed by atoms with E-state index in [1.807, 2.05) is 25.1 Å². The highest BCUT2D eigenvalue weighted by Crippen LogP contribution is 2.22. The number of aryl methyl sites for hydroxylation is 1. The second-order valence-corrected chi connectivity index (χ2v) is 5.83. The lowest BCUT2D eigenvalue weighted by Gasteiger charge is -2.18. The normalized spacial score (nSPS) is 16.9. The molecule has 24 heavy (non-hydrogen) atoms. The highest BCUT2D eigenvalue weighted by Gasteiger charge is 2.25. The fraction of sp³-hybridized carbons (Fsp3) is 0.412. The molecule has 0 spiro atoms. The molecule has 2 aromatic heterocycles. The van der Waals surface area contributed by atoms with E-state index in [0.717, 1.165) is 42.6 Å². The second-order valence-electron chi connectivity index (χ2n) is 5.83. The Morgan fingerprint density at radius 1 is 1.38 bits per heavy atom. The number of anilines is 1. The summed E-state index contributed by atoms with van der Waals surface area (Å²) >= 11 is 0. The van der Waals surface area contributed by atoms with Crippen molar-refractivity contribution >= 4 is 11.7 Å². The summed E-state index contributed by atoms with van der Waals surface area (Å²) in [5.41, 5.74) is 0.781. The second kappa shape index (κ2) is 7.25. The number of carbonyl (C=O) groups excluding carboxylic acids is 1. The molecule has 1 N–H and O–H groups in total. The molecule has 2 aromatic rings. The van der Waals surface area contributed by atoms with Crippen molar-refractivity contribution in [2.24, 2.45) is 0 Å². The van der Waals surface area contributed by atoms with Crippen molar-refractivity contribution in [1.29, 1.82) is 0 Å². The fourth-order valence-electron chi connectivity index (χ4n) is 2.69. The zero-order valence-corrected chi connectivity index (χ0v) is 13.9. The molecule has 7 nitrogen and oxygen atoms in total. The third kappa shape index (κ3) is 4.18. The largest absolute Gasteiger partial charge is 0.488 e. The number of hydrogen-bond acceptors (Lipinski definition) is 6. The zero-order chi connectivity index (χ0) is 16.9. The maximum Gasteiger partial charge on any atom is 0.217 e. The standard InChI is InChI=1S/C17H21N5O2/c1-12-18-7-4-17(21-12)22-8-5-16(11-22)24-15-3-6-19-14(9-15)10-20-13(2)23/h3-4,6-7,9,16H,5,8,10-11H2,1-2H3,(H,20,23). The van der Waals surface area contributed by atoms with E-state index in [2.05, 4.69) is 25.2 Å². The lowest BCUT2D eigenvalue weighted by atomic mass is 10.3. The third-order valence-electron chi connectivity index (χ3n) is 3.84. The Morgan fingerprint density at radius 2 is 2.21 bits per heavy atom. The van der Waals surface area contributed by atoms with E-state index in [0.29, 0.717) is 6.54 Å². The Labute approximate surface area is 141 Å². The van der Waals surface area contributed by atoms with Crippen LogP contribution in [0.1, 0.15) is 24.9 Å². The lowest BCUT2D eigenvalue weighted by molar-refractivity contribution is -0.119. The van der Waals surface area contributed by atoms with Gasteiger partial charge in [-0.25, -0.2) is 9.97 Å². The van der Waals surface area contributed by atoms with Gasteiger partial charge >= 0.3 is 0 Å². The molecule has 1 fully saturated rings. The van der Waals surface area contributed by atoms with Gasteiger partial charge in [-0.05, 0) is 19.1 Å². The zero-order valence-electron chi connectivity index (χ0n) is 13.9. The highest BCUT2D eigenvalue weighted by molar-refractivity contribution is 5.72. The van der Waals surface area contributed by atoms with E-state index >= 15 is 0 Å². The number of rotatable bonds is 5. The van der Waals surface area contributed by atoms with Crippen molar-refractivity contribution in [2.75, 3.05) is 18.0 Å². The highest BCUT2D eigenvalue weighted by atomic mass is 16.5. The number of nitrogens with zero attached hydrogens (tertiary/aromatic N) is 4. The molecule has 0 radical (unpaired) electrons. The molecule has 0 bridgehead atoms. The van der Waals surface area contributed by atoms with E-state index in [-0.39, 0.29) is 12.0 Å². The number of amides is 1. The van der Waals surface area contributed by atoms with Crippen LogP contribution in [-0.4, -0.2) is 40.1 Å². The first-order valence-electron chi connectivity index (χ1n) is 8.01. The molecule has 1 saturated heterocycles. The quantitative estimate of drug-likeness (QED) is 0.896. The molecule has 3 rings (SSSR count). The number of aromatic nitrogens is 3. The average Bonchev–Trinajstić information content (AvgIpc) is 3.02. The average molecular weight is 327 g/mol. The Morgan fingerprint density at radius 3 is 3.00 bits per heavy atom. The van der Waals surface area contributed by atoms with Crippen LogP contribution in [0.5, 0.6) is 5.75 Å². The van der Waals surface area contributed by atoms with Gasteiger partial charge in [-0.3, -0.25) is 9.78 Å². The summed E-state index contributed by atoms with van der Waals surface area (Å²) in [6.07, 6.45) is 4.53. The number of pyridine rings is 1. The molecule has 1 amide bonds. The molecule has 126 valence electrons. The summed E-state index contributed by atoms with van der Waals surface area (Å²) in [4.78, 5) is 26.0. The van der Waals surface area contributed by atoms with Gasteiger partial charge in [0.2, 0.25) is 5.91 Å². The van der Waals surface area contributed by atoms with Crippen LogP contribution in [0.3, 0.4) is 0 Å². The molecule has 0 aliphatic carbocycles. The van der Waals surface area contributed by atoms with Gasteiger partial charge in [0.25, 0.3) is 0 Å². The van der Waals surface area contributed by atoms with E-state index in [4.69, 9.17) is 4.74 Å². The van der Waals surface area contributed by atoms with Crippen molar-refractivity contribution in [3.05, 3.63) is 42.1 Å². The van der Waals surface area contributed by atoms with Crippen LogP contribution in [-0.2, 0) is 11.3 Å². The van der Waals surface area contributed by atoms with Gasteiger partial charge in [-0.2, -0.15) is 0 Å². The molecule has 1 aliphatic rings. The summed E-state index contributed by atoms with van der Waals surface area (Å²) in [6.45, 7) is 5.48. The number of hydrogen-bond donors (Lipinski definition) is 1. The summed E-state index contributed by atoms with van der Waals surface area (Å²) in [5.74, 6) is 2.41. The third-order valence-corrected chi connectivity index (χ3v) is 3.84. The van der Waals surface area contributed by atoms with Crippen LogP contribution in [0.4, 0.5) is 5.82 Å². The lowest BCUT2D eigenvalue weighted by Crippen LogP contribution is -2.25. The summed E-state index contributed by atoms with van der Waals surface area (Å²) < 4.78 is 6.07. The van der Waals surface area contributed by atoms with Crippen molar-refractivity contribution < 1.29 is 9.53 Å². The van der Waals surface area contributed by atoms with Crippen LogP contribution < -0.4 is 15.0 Å². The Balaban J connectivity index is 1.59. The van der Waals surface area contributed by atoms with Gasteiger partial charge < -0.3 is 15.0 Å². The molecule has 1 unspecified atom stereocenters. The first-order valence-corrected chi connectivity index (χ1v) is 8.01. The van der Waals surface area contributed by atoms with Crippen LogP contribution in [0.15, 0.2) is 30.6 Å². The van der Waals surface area contributed by atoms with Crippen LogP contribution in [0.25, 0.3) is 0 Å². The minimum atomic E-state index is -0.0744. The van der Waals surface area contributed by atoms with E-state index in [1.165, 1.54) is 6.92 Å². The molecule has 3 heterocycles. The molecular weight excluding hydrogens is 306 g/mol. The maximum absolute atomic E-state index is 11.0. The van der Waals surface area contributed by atoms with Gasteiger partial charge in [0.15, 0.2) is 0 Å². The Kier molecular flexibility index (Phi) is 4.88. The Hall–Kier alpha value is -2.70. The van der Waals surface area contributed by atoms with E-state index in [1.54, 1.807) is 12.4 Å². The topological polar surface area (TPSA) is 80.2 Å². The van der Waals surface area contributed by atoms with Crippen LogP contribution in [0, 0.1) is 6.92 Å².